The fraction of sp³-hybridized carbons (Fsp3) is 0.133. The minimum absolute atomic E-state index is 0.111. The zero-order valence-corrected chi connectivity index (χ0v) is 11.8. The topological polar surface area (TPSA) is 90.3 Å². The van der Waals surface area contributed by atoms with E-state index in [0.717, 1.165) is 11.3 Å². The van der Waals surface area contributed by atoms with Crippen LogP contribution in [0.4, 0.5) is 11.4 Å². The summed E-state index contributed by atoms with van der Waals surface area (Å²) in [6, 6.07) is 11.8. The first-order valence-electron chi connectivity index (χ1n) is 6.63. The second-order valence-electron chi connectivity index (χ2n) is 4.85. The molecular formula is C15H13N3O4. The van der Waals surface area contributed by atoms with Crippen LogP contribution in [0.1, 0.15) is 5.56 Å². The molecule has 0 unspecified atom stereocenters. The minimum Gasteiger partial charge on any atom is -0.407 e. The summed E-state index contributed by atoms with van der Waals surface area (Å²) in [5.41, 5.74) is 2.56. The Morgan fingerprint density at radius 3 is 2.77 bits per heavy atom. The van der Waals surface area contributed by atoms with Crippen molar-refractivity contribution in [2.45, 2.75) is 13.6 Å². The van der Waals surface area contributed by atoms with Crippen LogP contribution < -0.4 is 11.1 Å². The van der Waals surface area contributed by atoms with Gasteiger partial charge < -0.3 is 9.73 Å². The second-order valence-corrected chi connectivity index (χ2v) is 4.85. The van der Waals surface area contributed by atoms with Gasteiger partial charge in [-0.2, -0.15) is 0 Å². The maximum absolute atomic E-state index is 11.9. The first-order chi connectivity index (χ1) is 10.6. The van der Waals surface area contributed by atoms with E-state index in [4.69, 9.17) is 4.42 Å². The van der Waals surface area contributed by atoms with Gasteiger partial charge in [-0.3, -0.25) is 14.7 Å². The number of hydrogen-bond donors (Lipinski definition) is 1. The lowest BCUT2D eigenvalue weighted by Crippen LogP contribution is -2.19. The average molecular weight is 299 g/mol. The number of anilines is 1. The number of nitro groups is 1. The van der Waals surface area contributed by atoms with Crippen molar-refractivity contribution in [1.82, 2.24) is 4.57 Å². The van der Waals surface area contributed by atoms with Gasteiger partial charge in [0.2, 0.25) is 0 Å². The summed E-state index contributed by atoms with van der Waals surface area (Å²) in [5, 5.41) is 13.9. The first kappa shape index (κ1) is 13.9. The Balaban J connectivity index is 1.94. The molecule has 0 spiro atoms. The lowest BCUT2D eigenvalue weighted by molar-refractivity contribution is -0.384. The molecule has 0 saturated heterocycles. The fourth-order valence-corrected chi connectivity index (χ4v) is 2.25. The highest BCUT2D eigenvalue weighted by Crippen LogP contribution is 2.20. The van der Waals surface area contributed by atoms with Crippen LogP contribution in [-0.2, 0) is 6.67 Å². The van der Waals surface area contributed by atoms with Gasteiger partial charge in [-0.15, -0.1) is 0 Å². The summed E-state index contributed by atoms with van der Waals surface area (Å²) >= 11 is 0. The van der Waals surface area contributed by atoms with E-state index in [2.05, 4.69) is 5.32 Å². The van der Waals surface area contributed by atoms with E-state index >= 15 is 0 Å². The highest BCUT2D eigenvalue weighted by atomic mass is 16.6. The summed E-state index contributed by atoms with van der Waals surface area (Å²) in [6.07, 6.45) is 0. The molecule has 1 N–H and O–H groups in total. The second kappa shape index (κ2) is 5.36. The van der Waals surface area contributed by atoms with E-state index in [-0.39, 0.29) is 17.9 Å². The van der Waals surface area contributed by atoms with Gasteiger partial charge in [0, 0.05) is 11.8 Å². The summed E-state index contributed by atoms with van der Waals surface area (Å²) in [4.78, 5) is 22.1. The van der Waals surface area contributed by atoms with E-state index in [0.29, 0.717) is 5.52 Å². The molecule has 0 fully saturated rings. The number of aryl methyl sites for hydroxylation is 1. The van der Waals surface area contributed by atoms with Crippen molar-refractivity contribution in [1.29, 1.82) is 0 Å². The monoisotopic (exact) mass is 299 g/mol. The third-order valence-electron chi connectivity index (χ3n) is 3.44. The molecule has 3 aromatic rings. The summed E-state index contributed by atoms with van der Waals surface area (Å²) in [6.45, 7) is 2.18. The van der Waals surface area contributed by atoms with Crippen LogP contribution in [-0.4, -0.2) is 9.49 Å². The third-order valence-corrected chi connectivity index (χ3v) is 3.44. The number of nitrogens with zero attached hydrogens (tertiary/aromatic N) is 2. The Bertz CT molecular complexity index is 911. The van der Waals surface area contributed by atoms with Crippen molar-refractivity contribution >= 4 is 22.5 Å². The number of nitrogens with one attached hydrogen (secondary N) is 1. The zero-order valence-electron chi connectivity index (χ0n) is 11.8. The number of benzene rings is 2. The zero-order chi connectivity index (χ0) is 15.7. The van der Waals surface area contributed by atoms with Crippen LogP contribution in [0, 0.1) is 17.0 Å². The largest absolute Gasteiger partial charge is 0.421 e. The molecule has 0 radical (unpaired) electrons. The van der Waals surface area contributed by atoms with E-state index in [1.807, 2.05) is 31.2 Å². The quantitative estimate of drug-likeness (QED) is 0.591. The lowest BCUT2D eigenvalue weighted by Gasteiger charge is -2.09. The Morgan fingerprint density at radius 2 is 2.05 bits per heavy atom. The number of non-ortho nitro benzene ring substituents is 1. The number of para-hydroxylation sites is 1. The highest BCUT2D eigenvalue weighted by molar-refractivity contribution is 5.75. The lowest BCUT2D eigenvalue weighted by atomic mass is 10.2. The molecule has 1 heterocycles. The molecule has 7 heteroatoms. The van der Waals surface area contributed by atoms with Gasteiger partial charge in [-0.25, -0.2) is 4.79 Å². The maximum atomic E-state index is 11.9. The van der Waals surface area contributed by atoms with E-state index in [9.17, 15) is 14.9 Å². The summed E-state index contributed by atoms with van der Waals surface area (Å²) in [7, 11) is 0. The molecule has 2 aromatic carbocycles. The molecule has 0 bridgehead atoms. The molecule has 7 nitrogen and oxygen atoms in total. The van der Waals surface area contributed by atoms with E-state index < -0.39 is 10.7 Å². The minimum atomic E-state index is -0.559. The highest BCUT2D eigenvalue weighted by Gasteiger charge is 2.13. The van der Waals surface area contributed by atoms with Crippen LogP contribution >= 0.6 is 0 Å². The molecule has 0 atom stereocenters. The van der Waals surface area contributed by atoms with Crippen molar-refractivity contribution in [2.24, 2.45) is 0 Å². The molecule has 0 aliphatic heterocycles. The van der Waals surface area contributed by atoms with E-state index in [1.54, 1.807) is 0 Å². The normalized spacial score (nSPS) is 10.8. The first-order valence-corrected chi connectivity index (χ1v) is 6.63. The van der Waals surface area contributed by atoms with Gasteiger partial charge in [0.05, 0.1) is 23.2 Å². The van der Waals surface area contributed by atoms with Crippen molar-refractivity contribution in [2.75, 3.05) is 5.32 Å². The van der Waals surface area contributed by atoms with Crippen LogP contribution in [0.2, 0.25) is 0 Å². The predicted octanol–water partition coefficient (Wildman–Crippen LogP) is 2.88. The molecule has 0 aliphatic carbocycles. The summed E-state index contributed by atoms with van der Waals surface area (Å²) < 4.78 is 6.47. The number of oxazole rings is 1. The molecule has 112 valence electrons. The number of nitro benzene ring substituents is 1. The average Bonchev–Trinajstić information content (AvgIpc) is 2.81. The SMILES string of the molecule is Cc1ccccc1NCn1c(=O)oc2cc([N+](=O)[O-])ccc21. The van der Waals surface area contributed by atoms with E-state index in [1.165, 1.54) is 22.8 Å². The van der Waals surface area contributed by atoms with Crippen LogP contribution in [0.3, 0.4) is 0 Å². The Labute approximate surface area is 124 Å². The van der Waals surface area contributed by atoms with Crippen molar-refractivity contribution in [3.63, 3.8) is 0 Å². The van der Waals surface area contributed by atoms with Crippen molar-refractivity contribution in [3.05, 3.63) is 68.7 Å². The Morgan fingerprint density at radius 1 is 1.27 bits per heavy atom. The molecular weight excluding hydrogens is 286 g/mol. The van der Waals surface area contributed by atoms with Gasteiger partial charge in [-0.1, -0.05) is 18.2 Å². The smallest absolute Gasteiger partial charge is 0.407 e. The fourth-order valence-electron chi connectivity index (χ4n) is 2.25. The number of hydrogen-bond acceptors (Lipinski definition) is 5. The van der Waals surface area contributed by atoms with Gasteiger partial charge >= 0.3 is 5.76 Å². The predicted molar refractivity (Wildman–Crippen MR) is 81.9 cm³/mol. The third kappa shape index (κ3) is 2.44. The van der Waals surface area contributed by atoms with Gasteiger partial charge in [0.15, 0.2) is 5.58 Å². The Kier molecular flexibility index (Phi) is 3.38. The molecule has 3 rings (SSSR count). The van der Waals surface area contributed by atoms with Gasteiger partial charge in [0.25, 0.3) is 5.69 Å². The summed E-state index contributed by atoms with van der Waals surface area (Å²) in [5.74, 6) is -0.559. The van der Waals surface area contributed by atoms with Crippen LogP contribution in [0.25, 0.3) is 11.1 Å². The Hall–Kier alpha value is -3.09. The molecule has 0 saturated carbocycles. The van der Waals surface area contributed by atoms with Crippen LogP contribution in [0.15, 0.2) is 51.7 Å². The number of fused-ring (bicyclic) bond motifs is 1. The molecule has 22 heavy (non-hydrogen) atoms. The maximum Gasteiger partial charge on any atom is 0.421 e. The molecule has 1 aromatic heterocycles. The molecule has 0 amide bonds. The molecule has 0 aliphatic rings. The van der Waals surface area contributed by atoms with Gasteiger partial charge in [0.1, 0.15) is 0 Å². The number of aromatic nitrogens is 1. The standard InChI is InChI=1S/C15H13N3O4/c1-10-4-2-3-5-12(10)16-9-17-13-7-6-11(18(20)21)8-14(13)22-15(17)19/h2-8,16H,9H2,1H3. The number of rotatable bonds is 4. The van der Waals surface area contributed by atoms with Gasteiger partial charge in [-0.05, 0) is 24.6 Å². The van der Waals surface area contributed by atoms with Crippen LogP contribution in [0.5, 0.6) is 0 Å². The van der Waals surface area contributed by atoms with Crippen molar-refractivity contribution < 1.29 is 9.34 Å². The van der Waals surface area contributed by atoms with Crippen molar-refractivity contribution in [3.8, 4) is 0 Å².